The van der Waals surface area contributed by atoms with E-state index in [-0.39, 0.29) is 12.0 Å². The molecule has 0 saturated heterocycles. The van der Waals surface area contributed by atoms with E-state index in [1.54, 1.807) is 7.11 Å². The summed E-state index contributed by atoms with van der Waals surface area (Å²) < 4.78 is 31.4. The quantitative estimate of drug-likeness (QED) is 0.203. The molecule has 6 atom stereocenters. The molecule has 0 radical (unpaired) electrons. The summed E-state index contributed by atoms with van der Waals surface area (Å²) in [6.07, 6.45) is -3.06. The topological polar surface area (TPSA) is 66.4 Å². The summed E-state index contributed by atoms with van der Waals surface area (Å²) in [5, 5.41) is 11.8. The first-order valence-electron chi connectivity index (χ1n) is 14.5. The Kier molecular flexibility index (Phi) is 10.8. The summed E-state index contributed by atoms with van der Waals surface area (Å²) in [5.41, 5.74) is 4.11. The van der Waals surface area contributed by atoms with Crippen molar-refractivity contribution in [3.63, 3.8) is 0 Å². The van der Waals surface area contributed by atoms with Crippen molar-refractivity contribution in [2.75, 3.05) is 7.11 Å². The maximum Gasteiger partial charge on any atom is 0.118 e. The van der Waals surface area contributed by atoms with Crippen LogP contribution < -0.4 is 4.74 Å². The van der Waals surface area contributed by atoms with Crippen LogP contribution in [0.2, 0.25) is 0 Å². The van der Waals surface area contributed by atoms with Gasteiger partial charge in [-0.25, -0.2) is 0 Å². The van der Waals surface area contributed by atoms with Gasteiger partial charge >= 0.3 is 0 Å². The van der Waals surface area contributed by atoms with Gasteiger partial charge in [0, 0.05) is 5.92 Å². The number of methoxy groups -OCH3 is 1. The van der Waals surface area contributed by atoms with Crippen LogP contribution >= 0.6 is 0 Å². The molecule has 6 heteroatoms. The summed E-state index contributed by atoms with van der Waals surface area (Å²) in [5.74, 6) is 0.603. The highest BCUT2D eigenvalue weighted by atomic mass is 16.6. The SMILES string of the molecule is COc1ccc(CO[C@H]2[C@H](C)[C@@H](OCc3ccccc3)[C@H](OCc3ccccc3)[C@@H](OCc3ccccc3)[C@H]2O)cc1. The van der Waals surface area contributed by atoms with E-state index in [9.17, 15) is 5.11 Å². The molecule has 4 aromatic rings. The van der Waals surface area contributed by atoms with Crippen molar-refractivity contribution in [3.8, 4) is 5.75 Å². The van der Waals surface area contributed by atoms with Crippen LogP contribution in [0.3, 0.4) is 0 Å². The van der Waals surface area contributed by atoms with Crippen LogP contribution in [0.25, 0.3) is 0 Å². The van der Waals surface area contributed by atoms with Crippen LogP contribution in [0.5, 0.6) is 5.75 Å². The van der Waals surface area contributed by atoms with Gasteiger partial charge in [-0.3, -0.25) is 0 Å². The predicted molar refractivity (Wildman–Crippen MR) is 162 cm³/mol. The molecule has 1 aliphatic carbocycles. The molecule has 1 saturated carbocycles. The van der Waals surface area contributed by atoms with Crippen LogP contribution in [0.15, 0.2) is 115 Å². The molecule has 42 heavy (non-hydrogen) atoms. The smallest absolute Gasteiger partial charge is 0.118 e. The third kappa shape index (κ3) is 7.85. The first-order valence-corrected chi connectivity index (χ1v) is 14.5. The van der Waals surface area contributed by atoms with E-state index in [0.717, 1.165) is 28.0 Å². The first kappa shape index (κ1) is 30.0. The Morgan fingerprint density at radius 3 is 1.31 bits per heavy atom. The molecule has 0 aliphatic heterocycles. The van der Waals surface area contributed by atoms with E-state index in [1.807, 2.05) is 115 Å². The van der Waals surface area contributed by atoms with E-state index in [4.69, 9.17) is 23.7 Å². The molecule has 1 fully saturated rings. The highest BCUT2D eigenvalue weighted by molar-refractivity contribution is 5.26. The third-order valence-corrected chi connectivity index (χ3v) is 7.81. The molecule has 1 aliphatic rings. The second kappa shape index (κ2) is 15.1. The number of benzene rings is 4. The predicted octanol–water partition coefficient (Wildman–Crippen LogP) is 6.35. The molecule has 4 aromatic carbocycles. The van der Waals surface area contributed by atoms with Gasteiger partial charge in [0.15, 0.2) is 0 Å². The number of aliphatic hydroxyl groups is 1. The molecule has 5 rings (SSSR count). The first-order chi connectivity index (χ1) is 20.6. The zero-order valence-corrected chi connectivity index (χ0v) is 24.3. The number of aliphatic hydroxyl groups excluding tert-OH is 1. The van der Waals surface area contributed by atoms with Gasteiger partial charge in [0.2, 0.25) is 0 Å². The van der Waals surface area contributed by atoms with Crippen molar-refractivity contribution in [2.45, 2.75) is 63.9 Å². The summed E-state index contributed by atoms with van der Waals surface area (Å²) in [4.78, 5) is 0. The molecule has 1 N–H and O–H groups in total. The summed E-state index contributed by atoms with van der Waals surface area (Å²) >= 11 is 0. The van der Waals surface area contributed by atoms with E-state index < -0.39 is 24.4 Å². The zero-order chi connectivity index (χ0) is 29.1. The number of ether oxygens (including phenoxy) is 5. The lowest BCUT2D eigenvalue weighted by Crippen LogP contribution is -2.63. The fraction of sp³-hybridized carbons (Fsp3) is 0.333. The maximum absolute atomic E-state index is 11.8. The van der Waals surface area contributed by atoms with Crippen molar-refractivity contribution in [1.29, 1.82) is 0 Å². The van der Waals surface area contributed by atoms with Gasteiger partial charge in [0.25, 0.3) is 0 Å². The normalized spacial score (nSPS) is 23.9. The minimum Gasteiger partial charge on any atom is -0.497 e. The summed E-state index contributed by atoms with van der Waals surface area (Å²) in [7, 11) is 1.65. The number of hydrogen-bond acceptors (Lipinski definition) is 6. The van der Waals surface area contributed by atoms with Crippen LogP contribution in [0, 0.1) is 5.92 Å². The zero-order valence-electron chi connectivity index (χ0n) is 24.3. The lowest BCUT2D eigenvalue weighted by Gasteiger charge is -2.47. The van der Waals surface area contributed by atoms with Crippen molar-refractivity contribution in [1.82, 2.24) is 0 Å². The Morgan fingerprint density at radius 1 is 0.476 bits per heavy atom. The van der Waals surface area contributed by atoms with E-state index in [0.29, 0.717) is 26.4 Å². The second-order valence-electron chi connectivity index (χ2n) is 10.8. The number of rotatable bonds is 13. The lowest BCUT2D eigenvalue weighted by atomic mass is 9.78. The Balaban J connectivity index is 1.40. The molecule has 0 aromatic heterocycles. The molecular formula is C36H40O6. The maximum atomic E-state index is 11.8. The Labute approximate surface area is 248 Å². The summed E-state index contributed by atoms with van der Waals surface area (Å²) in [6.45, 7) is 3.51. The van der Waals surface area contributed by atoms with Gasteiger partial charge in [-0.05, 0) is 34.4 Å². The molecule has 220 valence electrons. The van der Waals surface area contributed by atoms with Crippen molar-refractivity contribution in [2.24, 2.45) is 5.92 Å². The van der Waals surface area contributed by atoms with Crippen LogP contribution in [0.1, 0.15) is 29.2 Å². The molecular weight excluding hydrogens is 528 g/mol. The minimum absolute atomic E-state index is 0.181. The third-order valence-electron chi connectivity index (χ3n) is 7.81. The molecule has 0 bridgehead atoms. The highest BCUT2D eigenvalue weighted by Crippen LogP contribution is 2.36. The molecule has 0 unspecified atom stereocenters. The van der Waals surface area contributed by atoms with Gasteiger partial charge in [0.1, 0.15) is 24.1 Å². The van der Waals surface area contributed by atoms with Gasteiger partial charge in [-0.2, -0.15) is 0 Å². The van der Waals surface area contributed by atoms with Crippen LogP contribution in [-0.2, 0) is 45.4 Å². The largest absolute Gasteiger partial charge is 0.497 e. The Hall–Kier alpha value is -3.52. The van der Waals surface area contributed by atoms with Crippen molar-refractivity contribution >= 4 is 0 Å². The second-order valence-corrected chi connectivity index (χ2v) is 10.8. The molecule has 0 amide bonds. The van der Waals surface area contributed by atoms with E-state index >= 15 is 0 Å². The average molecular weight is 569 g/mol. The van der Waals surface area contributed by atoms with Crippen molar-refractivity contribution in [3.05, 3.63) is 138 Å². The molecule has 0 spiro atoms. The van der Waals surface area contributed by atoms with Crippen molar-refractivity contribution < 1.29 is 28.8 Å². The highest BCUT2D eigenvalue weighted by Gasteiger charge is 2.51. The fourth-order valence-electron chi connectivity index (χ4n) is 5.46. The summed E-state index contributed by atoms with van der Waals surface area (Å²) in [6, 6.07) is 37.8. The molecule has 6 nitrogen and oxygen atoms in total. The lowest BCUT2D eigenvalue weighted by molar-refractivity contribution is -0.256. The Morgan fingerprint density at radius 2 is 0.857 bits per heavy atom. The van der Waals surface area contributed by atoms with Crippen LogP contribution in [0.4, 0.5) is 0 Å². The minimum atomic E-state index is -0.931. The van der Waals surface area contributed by atoms with Gasteiger partial charge in [-0.15, -0.1) is 0 Å². The monoisotopic (exact) mass is 568 g/mol. The molecule has 0 heterocycles. The van der Waals surface area contributed by atoms with Gasteiger partial charge in [-0.1, -0.05) is 110 Å². The standard InChI is InChI=1S/C36H40O6/c1-26-33(39-25-30-18-20-31(38-2)21-19-30)32(37)35(41-23-28-14-8-4-9-15-28)36(42-24-29-16-10-5-11-17-29)34(26)40-22-27-12-6-3-7-13-27/h3-21,26,32-37H,22-25H2,1-2H3/t26-,32-,33-,34+,35-,36-/m0/s1. The van der Waals surface area contributed by atoms with E-state index in [2.05, 4.69) is 6.92 Å². The van der Waals surface area contributed by atoms with Gasteiger partial charge in [0.05, 0.1) is 45.7 Å². The van der Waals surface area contributed by atoms with Gasteiger partial charge < -0.3 is 28.8 Å². The average Bonchev–Trinajstić information content (AvgIpc) is 3.04. The fourth-order valence-corrected chi connectivity index (χ4v) is 5.46. The van der Waals surface area contributed by atoms with E-state index in [1.165, 1.54) is 0 Å². The van der Waals surface area contributed by atoms with Crippen LogP contribution in [-0.4, -0.2) is 42.7 Å². The Bertz CT molecular complexity index is 1260. The number of hydrogen-bond donors (Lipinski definition) is 1.